The summed E-state index contributed by atoms with van der Waals surface area (Å²) < 4.78 is 5.19. The van der Waals surface area contributed by atoms with Gasteiger partial charge in [0.1, 0.15) is 11.8 Å². The minimum atomic E-state index is -0.371. The second-order valence-corrected chi connectivity index (χ2v) is 7.47. The summed E-state index contributed by atoms with van der Waals surface area (Å²) in [4.78, 5) is 27.2. The maximum absolute atomic E-state index is 12.7. The van der Waals surface area contributed by atoms with Crippen LogP contribution in [0.4, 0.5) is 5.69 Å². The minimum absolute atomic E-state index is 0.0976. The lowest BCUT2D eigenvalue weighted by molar-refractivity contribution is -0.139. The predicted octanol–water partition coefficient (Wildman–Crippen LogP) is 3.03. The number of benzene rings is 1. The molecule has 130 valence electrons. The molecule has 0 aromatic heterocycles. The Balaban J connectivity index is 1.68. The van der Waals surface area contributed by atoms with Crippen molar-refractivity contribution in [2.75, 3.05) is 24.1 Å². The largest absolute Gasteiger partial charge is 0.497 e. The fourth-order valence-corrected chi connectivity index (χ4v) is 4.57. The van der Waals surface area contributed by atoms with Gasteiger partial charge in [-0.05, 0) is 43.5 Å². The zero-order chi connectivity index (χ0) is 17.1. The molecule has 5 nitrogen and oxygen atoms in total. The fraction of sp³-hybridized carbons (Fsp3) is 0.556. The summed E-state index contributed by atoms with van der Waals surface area (Å²) in [5.41, 5.74) is 1.72. The molecule has 24 heavy (non-hydrogen) atoms. The van der Waals surface area contributed by atoms with Crippen molar-refractivity contribution in [3.8, 4) is 5.75 Å². The summed E-state index contributed by atoms with van der Waals surface area (Å²) in [5.74, 6) is 2.22. The maximum Gasteiger partial charge on any atom is 0.248 e. The SMILES string of the molecule is COc1ccc(NC(=O)[C@H]2CSCN2C(=O)C2CCCC2)c(C)c1. The molecule has 1 saturated carbocycles. The fourth-order valence-electron chi connectivity index (χ4n) is 3.40. The van der Waals surface area contributed by atoms with Gasteiger partial charge in [0.15, 0.2) is 0 Å². The average molecular weight is 348 g/mol. The van der Waals surface area contributed by atoms with Crippen LogP contribution in [0.3, 0.4) is 0 Å². The summed E-state index contributed by atoms with van der Waals surface area (Å²) in [6, 6.07) is 5.19. The molecule has 1 aliphatic carbocycles. The third-order valence-electron chi connectivity index (χ3n) is 4.86. The van der Waals surface area contributed by atoms with Crippen molar-refractivity contribution in [1.82, 2.24) is 4.90 Å². The van der Waals surface area contributed by atoms with Crippen LogP contribution in [-0.2, 0) is 9.59 Å². The number of anilines is 1. The Kier molecular flexibility index (Phi) is 5.33. The molecule has 2 aliphatic rings. The molecular weight excluding hydrogens is 324 g/mol. The van der Waals surface area contributed by atoms with Crippen molar-refractivity contribution in [3.05, 3.63) is 23.8 Å². The molecule has 0 radical (unpaired) electrons. The van der Waals surface area contributed by atoms with E-state index in [1.54, 1.807) is 23.8 Å². The van der Waals surface area contributed by atoms with Crippen LogP contribution in [-0.4, -0.2) is 41.5 Å². The van der Waals surface area contributed by atoms with E-state index in [1.165, 1.54) is 0 Å². The number of amides is 2. The second-order valence-electron chi connectivity index (χ2n) is 6.48. The van der Waals surface area contributed by atoms with Crippen molar-refractivity contribution in [2.24, 2.45) is 5.92 Å². The lowest BCUT2D eigenvalue weighted by Gasteiger charge is -2.26. The van der Waals surface area contributed by atoms with Gasteiger partial charge in [-0.15, -0.1) is 11.8 Å². The topological polar surface area (TPSA) is 58.6 Å². The van der Waals surface area contributed by atoms with E-state index in [0.717, 1.165) is 42.7 Å². The Bertz CT molecular complexity index is 629. The molecule has 0 unspecified atom stereocenters. The summed E-state index contributed by atoms with van der Waals surface area (Å²) in [7, 11) is 1.62. The molecule has 1 aromatic carbocycles. The van der Waals surface area contributed by atoms with Crippen molar-refractivity contribution in [3.63, 3.8) is 0 Å². The van der Waals surface area contributed by atoms with Crippen molar-refractivity contribution < 1.29 is 14.3 Å². The number of carbonyl (C=O) groups is 2. The number of rotatable bonds is 4. The molecular formula is C18H24N2O3S. The van der Waals surface area contributed by atoms with Crippen LogP contribution >= 0.6 is 11.8 Å². The first-order valence-electron chi connectivity index (χ1n) is 8.44. The molecule has 1 N–H and O–H groups in total. The van der Waals surface area contributed by atoms with Gasteiger partial charge >= 0.3 is 0 Å². The highest BCUT2D eigenvalue weighted by Gasteiger charge is 2.38. The molecule has 1 heterocycles. The van der Waals surface area contributed by atoms with E-state index in [9.17, 15) is 9.59 Å². The molecule has 2 amide bonds. The van der Waals surface area contributed by atoms with Gasteiger partial charge in [-0.25, -0.2) is 0 Å². The Hall–Kier alpha value is -1.69. The Labute approximate surface area is 147 Å². The summed E-state index contributed by atoms with van der Waals surface area (Å²) in [5, 5.41) is 2.98. The lowest BCUT2D eigenvalue weighted by atomic mass is 10.1. The molecule has 0 spiro atoms. The normalized spacial score (nSPS) is 21.1. The van der Waals surface area contributed by atoms with E-state index < -0.39 is 0 Å². The molecule has 1 atom stereocenters. The number of methoxy groups -OCH3 is 1. The van der Waals surface area contributed by atoms with E-state index in [4.69, 9.17) is 4.74 Å². The molecule has 1 saturated heterocycles. The number of aryl methyl sites for hydroxylation is 1. The predicted molar refractivity (Wildman–Crippen MR) is 96.3 cm³/mol. The standard InChI is InChI=1S/C18H24N2O3S/c1-12-9-14(23-2)7-8-15(12)19-17(21)16-10-24-11-20(16)18(22)13-5-3-4-6-13/h7-9,13,16H,3-6,10-11H2,1-2H3,(H,19,21)/t16-/m1/s1. The van der Waals surface area contributed by atoms with Gasteiger partial charge in [0.2, 0.25) is 11.8 Å². The van der Waals surface area contributed by atoms with E-state index in [2.05, 4.69) is 5.32 Å². The first kappa shape index (κ1) is 17.1. The van der Waals surface area contributed by atoms with Gasteiger partial charge in [-0.1, -0.05) is 12.8 Å². The highest BCUT2D eigenvalue weighted by atomic mass is 32.2. The Morgan fingerprint density at radius 2 is 2.04 bits per heavy atom. The van der Waals surface area contributed by atoms with Gasteiger partial charge in [0.25, 0.3) is 0 Å². The van der Waals surface area contributed by atoms with Crippen LogP contribution in [0.25, 0.3) is 0 Å². The second kappa shape index (κ2) is 7.47. The number of carbonyl (C=O) groups excluding carboxylic acids is 2. The summed E-state index contributed by atoms with van der Waals surface area (Å²) in [6.07, 6.45) is 4.18. The first-order valence-corrected chi connectivity index (χ1v) is 9.59. The monoisotopic (exact) mass is 348 g/mol. The lowest BCUT2D eigenvalue weighted by Crippen LogP contribution is -2.46. The number of nitrogens with one attached hydrogen (secondary N) is 1. The third-order valence-corrected chi connectivity index (χ3v) is 5.88. The van der Waals surface area contributed by atoms with E-state index >= 15 is 0 Å². The van der Waals surface area contributed by atoms with Crippen LogP contribution < -0.4 is 10.1 Å². The van der Waals surface area contributed by atoms with Crippen LogP contribution in [0.15, 0.2) is 18.2 Å². The number of hydrogen-bond acceptors (Lipinski definition) is 4. The maximum atomic E-state index is 12.7. The van der Waals surface area contributed by atoms with Gasteiger partial charge in [-0.3, -0.25) is 9.59 Å². The highest BCUT2D eigenvalue weighted by molar-refractivity contribution is 7.99. The molecule has 2 fully saturated rings. The third kappa shape index (κ3) is 3.53. The zero-order valence-electron chi connectivity index (χ0n) is 14.2. The van der Waals surface area contributed by atoms with Crippen molar-refractivity contribution in [1.29, 1.82) is 0 Å². The van der Waals surface area contributed by atoms with Gasteiger partial charge in [0, 0.05) is 17.4 Å². The summed E-state index contributed by atoms with van der Waals surface area (Å²) >= 11 is 1.65. The number of hydrogen-bond donors (Lipinski definition) is 1. The Morgan fingerprint density at radius 3 is 2.71 bits per heavy atom. The van der Waals surface area contributed by atoms with Gasteiger partial charge in [0.05, 0.1) is 13.0 Å². The van der Waals surface area contributed by atoms with Crippen LogP contribution in [0.2, 0.25) is 0 Å². The average Bonchev–Trinajstić information content (AvgIpc) is 3.27. The molecule has 0 bridgehead atoms. The summed E-state index contributed by atoms with van der Waals surface area (Å²) in [6.45, 7) is 1.93. The van der Waals surface area contributed by atoms with Crippen LogP contribution in [0.5, 0.6) is 5.75 Å². The Morgan fingerprint density at radius 1 is 1.29 bits per heavy atom. The van der Waals surface area contributed by atoms with E-state index in [1.807, 2.05) is 25.1 Å². The number of ether oxygens (including phenoxy) is 1. The van der Waals surface area contributed by atoms with Gasteiger partial charge < -0.3 is 15.0 Å². The molecule has 3 rings (SSSR count). The molecule has 1 aliphatic heterocycles. The molecule has 1 aromatic rings. The van der Waals surface area contributed by atoms with Gasteiger partial charge in [-0.2, -0.15) is 0 Å². The van der Waals surface area contributed by atoms with E-state index in [0.29, 0.717) is 11.6 Å². The van der Waals surface area contributed by atoms with Crippen LogP contribution in [0, 0.1) is 12.8 Å². The first-order chi connectivity index (χ1) is 11.6. The number of nitrogens with zero attached hydrogens (tertiary/aromatic N) is 1. The van der Waals surface area contributed by atoms with Crippen LogP contribution in [0.1, 0.15) is 31.2 Å². The van der Waals surface area contributed by atoms with Crippen molar-refractivity contribution in [2.45, 2.75) is 38.6 Å². The highest BCUT2D eigenvalue weighted by Crippen LogP contribution is 2.31. The zero-order valence-corrected chi connectivity index (χ0v) is 15.0. The molecule has 6 heteroatoms. The minimum Gasteiger partial charge on any atom is -0.497 e. The number of thioether (sulfide) groups is 1. The quantitative estimate of drug-likeness (QED) is 0.909. The van der Waals surface area contributed by atoms with Crippen molar-refractivity contribution >= 4 is 29.3 Å². The smallest absolute Gasteiger partial charge is 0.248 e. The van der Waals surface area contributed by atoms with E-state index in [-0.39, 0.29) is 23.8 Å².